The van der Waals surface area contributed by atoms with E-state index in [-0.39, 0.29) is 6.42 Å². The van der Waals surface area contributed by atoms with Gasteiger partial charge in [-0.2, -0.15) is 0 Å². The Morgan fingerprint density at radius 1 is 1.25 bits per heavy atom. The summed E-state index contributed by atoms with van der Waals surface area (Å²) in [7, 11) is 0. The Kier molecular flexibility index (Phi) is 2.97. The van der Waals surface area contributed by atoms with E-state index in [9.17, 15) is 4.79 Å². The number of nitrogens with zero attached hydrogens (tertiary/aromatic N) is 1. The van der Waals surface area contributed by atoms with E-state index < -0.39 is 5.97 Å². The molecule has 0 fully saturated rings. The summed E-state index contributed by atoms with van der Waals surface area (Å²) in [6, 6.07) is 9.12. The Hall–Kier alpha value is -1.74. The Bertz CT molecular complexity index is 506. The first-order valence-electron chi connectivity index (χ1n) is 4.81. The van der Waals surface area contributed by atoms with Crippen molar-refractivity contribution in [3.63, 3.8) is 0 Å². The molecule has 2 rings (SSSR count). The fraction of sp³-hybridized carbons (Fsp3) is 0.0833. The van der Waals surface area contributed by atoms with Gasteiger partial charge in [0.05, 0.1) is 12.1 Å². The van der Waals surface area contributed by atoms with Crippen molar-refractivity contribution in [3.8, 4) is 5.69 Å². The van der Waals surface area contributed by atoms with Gasteiger partial charge in [-0.3, -0.25) is 4.79 Å². The van der Waals surface area contributed by atoms with Gasteiger partial charge in [-0.1, -0.05) is 17.7 Å². The molecular weight excluding hydrogens is 226 g/mol. The molecule has 16 heavy (non-hydrogen) atoms. The fourth-order valence-electron chi connectivity index (χ4n) is 1.61. The predicted octanol–water partition coefficient (Wildman–Crippen LogP) is 2.76. The number of hydrogen-bond donors (Lipinski definition) is 1. The van der Waals surface area contributed by atoms with E-state index in [4.69, 9.17) is 16.7 Å². The van der Waals surface area contributed by atoms with Crippen LogP contribution in [0.25, 0.3) is 5.69 Å². The van der Waals surface area contributed by atoms with Gasteiger partial charge in [-0.25, -0.2) is 0 Å². The van der Waals surface area contributed by atoms with E-state index in [2.05, 4.69) is 0 Å². The van der Waals surface area contributed by atoms with Gasteiger partial charge >= 0.3 is 5.97 Å². The molecule has 0 amide bonds. The Labute approximate surface area is 97.9 Å². The maximum atomic E-state index is 10.8. The van der Waals surface area contributed by atoms with Crippen molar-refractivity contribution in [2.75, 3.05) is 0 Å². The SMILES string of the molecule is O=C(O)Cc1c(Cl)cccc1-n1cccc1. The molecule has 0 atom stereocenters. The molecule has 0 aliphatic carbocycles. The third kappa shape index (κ3) is 2.09. The van der Waals surface area contributed by atoms with Gasteiger partial charge in [0.2, 0.25) is 0 Å². The maximum Gasteiger partial charge on any atom is 0.307 e. The summed E-state index contributed by atoms with van der Waals surface area (Å²) in [5, 5.41) is 9.33. The highest BCUT2D eigenvalue weighted by Crippen LogP contribution is 2.24. The third-order valence-corrected chi connectivity index (χ3v) is 2.66. The number of carboxylic acid groups (broad SMARTS) is 1. The van der Waals surface area contributed by atoms with Crippen LogP contribution in [0, 0.1) is 0 Å². The highest BCUT2D eigenvalue weighted by atomic mass is 35.5. The predicted molar refractivity (Wildman–Crippen MR) is 62.1 cm³/mol. The van der Waals surface area contributed by atoms with Crippen LogP contribution in [0.4, 0.5) is 0 Å². The molecule has 0 saturated carbocycles. The van der Waals surface area contributed by atoms with Crippen molar-refractivity contribution in [2.24, 2.45) is 0 Å². The summed E-state index contributed by atoms with van der Waals surface area (Å²) in [6.45, 7) is 0. The second-order valence-corrected chi connectivity index (χ2v) is 3.81. The van der Waals surface area contributed by atoms with E-state index in [1.807, 2.05) is 41.2 Å². The number of rotatable bonds is 3. The average Bonchev–Trinajstić information content (AvgIpc) is 2.73. The van der Waals surface area contributed by atoms with Crippen LogP contribution < -0.4 is 0 Å². The lowest BCUT2D eigenvalue weighted by molar-refractivity contribution is -0.136. The lowest BCUT2D eigenvalue weighted by atomic mass is 10.1. The van der Waals surface area contributed by atoms with E-state index in [0.29, 0.717) is 10.6 Å². The summed E-state index contributed by atoms with van der Waals surface area (Å²) in [6.07, 6.45) is 3.64. The molecule has 0 aliphatic rings. The van der Waals surface area contributed by atoms with Crippen LogP contribution in [0.3, 0.4) is 0 Å². The van der Waals surface area contributed by atoms with Crippen molar-refractivity contribution >= 4 is 17.6 Å². The summed E-state index contributed by atoms with van der Waals surface area (Å²) >= 11 is 6.01. The molecule has 1 heterocycles. The Morgan fingerprint density at radius 3 is 2.56 bits per heavy atom. The molecule has 1 N–H and O–H groups in total. The van der Waals surface area contributed by atoms with Crippen LogP contribution in [-0.2, 0) is 11.2 Å². The van der Waals surface area contributed by atoms with Crippen LogP contribution in [0.5, 0.6) is 0 Å². The molecule has 0 unspecified atom stereocenters. The van der Waals surface area contributed by atoms with Crippen molar-refractivity contribution < 1.29 is 9.90 Å². The summed E-state index contributed by atoms with van der Waals surface area (Å²) in [5.74, 6) is -0.887. The number of halogens is 1. The lowest BCUT2D eigenvalue weighted by Crippen LogP contribution is -2.05. The summed E-state index contributed by atoms with van der Waals surface area (Å²) in [5.41, 5.74) is 1.44. The van der Waals surface area contributed by atoms with E-state index >= 15 is 0 Å². The zero-order chi connectivity index (χ0) is 11.5. The highest BCUT2D eigenvalue weighted by molar-refractivity contribution is 6.31. The van der Waals surface area contributed by atoms with Gasteiger partial charge in [0.15, 0.2) is 0 Å². The van der Waals surface area contributed by atoms with Crippen LogP contribution >= 0.6 is 11.6 Å². The second-order valence-electron chi connectivity index (χ2n) is 3.40. The molecule has 0 saturated heterocycles. The number of benzene rings is 1. The van der Waals surface area contributed by atoms with Gasteiger partial charge in [0.25, 0.3) is 0 Å². The second kappa shape index (κ2) is 4.41. The first kappa shape index (κ1) is 10.8. The zero-order valence-corrected chi connectivity index (χ0v) is 9.19. The van der Waals surface area contributed by atoms with E-state index in [1.165, 1.54) is 0 Å². The quantitative estimate of drug-likeness (QED) is 0.889. The van der Waals surface area contributed by atoms with E-state index in [1.54, 1.807) is 6.07 Å². The molecule has 0 aliphatic heterocycles. The van der Waals surface area contributed by atoms with Crippen molar-refractivity contribution in [1.29, 1.82) is 0 Å². The molecule has 0 radical (unpaired) electrons. The monoisotopic (exact) mass is 235 g/mol. The number of aliphatic carboxylic acids is 1. The minimum atomic E-state index is -0.887. The molecule has 0 spiro atoms. The Morgan fingerprint density at radius 2 is 1.94 bits per heavy atom. The van der Waals surface area contributed by atoms with Crippen LogP contribution in [0.1, 0.15) is 5.56 Å². The van der Waals surface area contributed by atoms with E-state index in [0.717, 1.165) is 5.69 Å². The number of aromatic nitrogens is 1. The highest BCUT2D eigenvalue weighted by Gasteiger charge is 2.11. The van der Waals surface area contributed by atoms with Crippen LogP contribution in [0.15, 0.2) is 42.7 Å². The van der Waals surface area contributed by atoms with Crippen molar-refractivity contribution in [2.45, 2.75) is 6.42 Å². The molecule has 82 valence electrons. The maximum absolute atomic E-state index is 10.8. The standard InChI is InChI=1S/C12H10ClNO2/c13-10-4-3-5-11(9(10)8-12(15)16)14-6-1-2-7-14/h1-7H,8H2,(H,15,16). The van der Waals surface area contributed by atoms with Crippen LogP contribution in [-0.4, -0.2) is 15.6 Å². The molecule has 1 aromatic heterocycles. The topological polar surface area (TPSA) is 42.2 Å². The minimum Gasteiger partial charge on any atom is -0.481 e. The normalized spacial score (nSPS) is 10.3. The zero-order valence-electron chi connectivity index (χ0n) is 8.43. The van der Waals surface area contributed by atoms with Gasteiger partial charge in [0, 0.05) is 23.0 Å². The summed E-state index contributed by atoms with van der Waals surface area (Å²) in [4.78, 5) is 10.8. The van der Waals surface area contributed by atoms with Gasteiger partial charge in [-0.05, 0) is 24.3 Å². The Balaban J connectivity index is 2.52. The molecule has 4 heteroatoms. The summed E-state index contributed by atoms with van der Waals surface area (Å²) < 4.78 is 1.85. The lowest BCUT2D eigenvalue weighted by Gasteiger charge is -2.10. The third-order valence-electron chi connectivity index (χ3n) is 2.30. The van der Waals surface area contributed by atoms with Gasteiger partial charge in [-0.15, -0.1) is 0 Å². The molecule has 0 bridgehead atoms. The number of hydrogen-bond acceptors (Lipinski definition) is 1. The molecule has 3 nitrogen and oxygen atoms in total. The largest absolute Gasteiger partial charge is 0.481 e. The molecular formula is C12H10ClNO2. The number of carbonyl (C=O) groups is 1. The molecule has 2 aromatic rings. The smallest absolute Gasteiger partial charge is 0.307 e. The first-order chi connectivity index (χ1) is 7.68. The average molecular weight is 236 g/mol. The van der Waals surface area contributed by atoms with Gasteiger partial charge < -0.3 is 9.67 Å². The number of carboxylic acids is 1. The van der Waals surface area contributed by atoms with Crippen molar-refractivity contribution in [1.82, 2.24) is 4.57 Å². The van der Waals surface area contributed by atoms with Gasteiger partial charge in [0.1, 0.15) is 0 Å². The fourth-order valence-corrected chi connectivity index (χ4v) is 1.85. The van der Waals surface area contributed by atoms with Crippen molar-refractivity contribution in [3.05, 3.63) is 53.3 Å². The first-order valence-corrected chi connectivity index (χ1v) is 5.19. The molecule has 1 aromatic carbocycles. The minimum absolute atomic E-state index is 0.0762. The van der Waals surface area contributed by atoms with Crippen LogP contribution in [0.2, 0.25) is 5.02 Å².